The van der Waals surface area contributed by atoms with Crippen LogP contribution in [0.15, 0.2) is 0 Å². The minimum absolute atomic E-state index is 0.145. The molecule has 1 N–H and O–H groups in total. The number of hydrogen-bond donors (Lipinski definition) is 1. The minimum atomic E-state index is -1.03. The van der Waals surface area contributed by atoms with Gasteiger partial charge in [-0.25, -0.2) is 4.39 Å². The van der Waals surface area contributed by atoms with Crippen molar-refractivity contribution in [1.29, 1.82) is 0 Å². The van der Waals surface area contributed by atoms with E-state index in [2.05, 4.69) is 13.8 Å². The molecule has 0 saturated heterocycles. The Morgan fingerprint density at radius 3 is 2.40 bits per heavy atom. The molecule has 1 nitrogen and oxygen atoms in total. The Labute approximate surface area is 125 Å². The van der Waals surface area contributed by atoms with Crippen LogP contribution in [0.5, 0.6) is 0 Å². The van der Waals surface area contributed by atoms with Gasteiger partial charge in [-0.1, -0.05) is 58.8 Å². The second-order valence-electron chi connectivity index (χ2n) is 6.99. The van der Waals surface area contributed by atoms with Gasteiger partial charge in [-0.15, -0.1) is 0 Å². The highest BCUT2D eigenvalue weighted by molar-refractivity contribution is 4.82. The molecule has 0 heterocycles. The number of alkyl halides is 1. The second-order valence-corrected chi connectivity index (χ2v) is 6.99. The van der Waals surface area contributed by atoms with Gasteiger partial charge in [0.05, 0.1) is 0 Å². The fraction of sp³-hybridized carbons (Fsp3) is 1.00. The molecule has 0 aromatic rings. The highest BCUT2D eigenvalue weighted by Gasteiger charge is 2.31. The third kappa shape index (κ3) is 6.56. The normalized spacial score (nSPS) is 21.0. The molecule has 2 unspecified atom stereocenters. The molecule has 1 aliphatic rings. The van der Waals surface area contributed by atoms with Crippen molar-refractivity contribution in [2.24, 2.45) is 11.8 Å². The molecule has 0 aromatic carbocycles. The summed E-state index contributed by atoms with van der Waals surface area (Å²) in [6.45, 7) is 4.33. The predicted molar refractivity (Wildman–Crippen MR) is 84.7 cm³/mol. The average Bonchev–Trinajstić information content (AvgIpc) is 2.91. The van der Waals surface area contributed by atoms with Crippen LogP contribution in [0.3, 0.4) is 0 Å². The molecule has 1 rings (SSSR count). The van der Waals surface area contributed by atoms with Gasteiger partial charge in [0.1, 0.15) is 5.67 Å². The highest BCUT2D eigenvalue weighted by atomic mass is 19.1. The summed E-state index contributed by atoms with van der Waals surface area (Å²) >= 11 is 0. The average molecular weight is 286 g/mol. The Hall–Kier alpha value is -0.110. The zero-order valence-corrected chi connectivity index (χ0v) is 13.7. The molecule has 0 aliphatic heterocycles. The summed E-state index contributed by atoms with van der Waals surface area (Å²) in [5.41, 5.74) is -1.03. The zero-order chi connectivity index (χ0) is 14.8. The van der Waals surface area contributed by atoms with E-state index < -0.39 is 5.67 Å². The fourth-order valence-corrected chi connectivity index (χ4v) is 3.97. The Bertz CT molecular complexity index is 238. The summed E-state index contributed by atoms with van der Waals surface area (Å²) in [6.07, 6.45) is 12.6. The van der Waals surface area contributed by atoms with Crippen LogP contribution in [0.4, 0.5) is 4.39 Å². The molecule has 1 saturated carbocycles. The summed E-state index contributed by atoms with van der Waals surface area (Å²) in [5.74, 6) is 1.02. The van der Waals surface area contributed by atoms with Crippen LogP contribution in [0.1, 0.15) is 90.9 Å². The Morgan fingerprint density at radius 1 is 1.15 bits per heavy atom. The summed E-state index contributed by atoms with van der Waals surface area (Å²) in [6, 6.07) is 0. The van der Waals surface area contributed by atoms with Gasteiger partial charge < -0.3 is 5.11 Å². The zero-order valence-electron chi connectivity index (χ0n) is 13.7. The first kappa shape index (κ1) is 17.9. The van der Waals surface area contributed by atoms with Gasteiger partial charge in [0.2, 0.25) is 0 Å². The van der Waals surface area contributed by atoms with Crippen molar-refractivity contribution < 1.29 is 9.50 Å². The quantitative estimate of drug-likeness (QED) is 0.520. The van der Waals surface area contributed by atoms with Crippen LogP contribution in [0.25, 0.3) is 0 Å². The number of hydrogen-bond acceptors (Lipinski definition) is 1. The first-order valence-electron chi connectivity index (χ1n) is 8.93. The minimum Gasteiger partial charge on any atom is -0.396 e. The SMILES string of the molecule is CCCC(CO)CC(F)(CCC)CCCC1CCCC1. The molecule has 1 fully saturated rings. The molecule has 2 atom stereocenters. The molecular formula is C18H35FO. The third-order valence-electron chi connectivity index (χ3n) is 5.02. The molecule has 0 spiro atoms. The maximum Gasteiger partial charge on any atom is 0.111 e. The van der Waals surface area contributed by atoms with E-state index in [1.807, 2.05) is 0 Å². The number of aliphatic hydroxyl groups is 1. The van der Waals surface area contributed by atoms with Crippen LogP contribution in [-0.4, -0.2) is 17.4 Å². The van der Waals surface area contributed by atoms with E-state index in [4.69, 9.17) is 0 Å². The van der Waals surface area contributed by atoms with E-state index in [0.29, 0.717) is 19.3 Å². The summed E-state index contributed by atoms with van der Waals surface area (Å²) in [4.78, 5) is 0. The number of halogens is 1. The van der Waals surface area contributed by atoms with Gasteiger partial charge >= 0.3 is 0 Å². The lowest BCUT2D eigenvalue weighted by Crippen LogP contribution is -2.28. The van der Waals surface area contributed by atoms with Gasteiger partial charge in [-0.2, -0.15) is 0 Å². The van der Waals surface area contributed by atoms with E-state index in [1.165, 1.54) is 32.1 Å². The molecule has 0 aromatic heterocycles. The van der Waals surface area contributed by atoms with Gasteiger partial charge in [0.25, 0.3) is 0 Å². The number of rotatable bonds is 11. The molecule has 0 amide bonds. The van der Waals surface area contributed by atoms with Gasteiger partial charge in [0, 0.05) is 6.61 Å². The van der Waals surface area contributed by atoms with Crippen molar-refractivity contribution >= 4 is 0 Å². The maximum absolute atomic E-state index is 15.1. The summed E-state index contributed by atoms with van der Waals surface area (Å²) in [5, 5.41) is 9.42. The molecule has 0 radical (unpaired) electrons. The first-order chi connectivity index (χ1) is 9.63. The van der Waals surface area contributed by atoms with E-state index in [-0.39, 0.29) is 12.5 Å². The fourth-order valence-electron chi connectivity index (χ4n) is 3.97. The molecule has 120 valence electrons. The van der Waals surface area contributed by atoms with Crippen molar-refractivity contribution in [3.05, 3.63) is 0 Å². The number of aliphatic hydroxyl groups excluding tert-OH is 1. The van der Waals surface area contributed by atoms with Crippen molar-refractivity contribution in [2.45, 2.75) is 96.6 Å². The van der Waals surface area contributed by atoms with E-state index in [9.17, 15) is 5.11 Å². The molecule has 20 heavy (non-hydrogen) atoms. The largest absolute Gasteiger partial charge is 0.396 e. The Morgan fingerprint density at radius 2 is 1.85 bits per heavy atom. The van der Waals surface area contributed by atoms with E-state index >= 15 is 4.39 Å². The molecule has 2 heteroatoms. The Balaban J connectivity index is 2.38. The van der Waals surface area contributed by atoms with Crippen molar-refractivity contribution in [1.82, 2.24) is 0 Å². The standard InChI is InChI=1S/C18H35FO/c1-3-8-17(15-20)14-18(19,12-4-2)13-7-11-16-9-5-6-10-16/h16-17,20H,3-15H2,1-2H3. The van der Waals surface area contributed by atoms with Crippen LogP contribution in [0, 0.1) is 11.8 Å². The van der Waals surface area contributed by atoms with Crippen LogP contribution in [-0.2, 0) is 0 Å². The van der Waals surface area contributed by atoms with Gasteiger partial charge in [-0.3, -0.25) is 0 Å². The van der Waals surface area contributed by atoms with Crippen LogP contribution >= 0.6 is 0 Å². The van der Waals surface area contributed by atoms with E-state index in [1.54, 1.807) is 0 Å². The highest BCUT2D eigenvalue weighted by Crippen LogP contribution is 2.36. The van der Waals surface area contributed by atoms with Gasteiger partial charge in [-0.05, 0) is 43.9 Å². The lowest BCUT2D eigenvalue weighted by atomic mass is 9.82. The van der Waals surface area contributed by atoms with Crippen molar-refractivity contribution in [3.8, 4) is 0 Å². The van der Waals surface area contributed by atoms with Crippen molar-refractivity contribution in [2.75, 3.05) is 6.61 Å². The Kier molecular flexibility index (Phi) is 8.75. The summed E-state index contributed by atoms with van der Waals surface area (Å²) < 4.78 is 15.1. The summed E-state index contributed by atoms with van der Waals surface area (Å²) in [7, 11) is 0. The molecular weight excluding hydrogens is 251 g/mol. The lowest BCUT2D eigenvalue weighted by molar-refractivity contribution is 0.0715. The first-order valence-corrected chi connectivity index (χ1v) is 8.93. The van der Waals surface area contributed by atoms with E-state index in [0.717, 1.165) is 31.6 Å². The smallest absolute Gasteiger partial charge is 0.111 e. The van der Waals surface area contributed by atoms with Crippen LogP contribution < -0.4 is 0 Å². The van der Waals surface area contributed by atoms with Gasteiger partial charge in [0.15, 0.2) is 0 Å². The van der Waals surface area contributed by atoms with Crippen molar-refractivity contribution in [3.63, 3.8) is 0 Å². The van der Waals surface area contributed by atoms with Crippen LogP contribution in [0.2, 0.25) is 0 Å². The molecule has 1 aliphatic carbocycles. The maximum atomic E-state index is 15.1. The predicted octanol–water partition coefficient (Wildman–Crippen LogP) is 5.65. The third-order valence-corrected chi connectivity index (χ3v) is 5.02. The molecule has 0 bridgehead atoms. The monoisotopic (exact) mass is 286 g/mol. The topological polar surface area (TPSA) is 20.2 Å². The second kappa shape index (κ2) is 9.76. The lowest BCUT2D eigenvalue weighted by Gasteiger charge is -2.29.